The summed E-state index contributed by atoms with van der Waals surface area (Å²) >= 11 is 1.64. The molecule has 0 aromatic heterocycles. The number of hydrogen-bond donors (Lipinski definition) is 1. The fourth-order valence-corrected chi connectivity index (χ4v) is 4.03. The van der Waals surface area contributed by atoms with Crippen LogP contribution >= 0.6 is 11.8 Å². The van der Waals surface area contributed by atoms with E-state index in [0.717, 1.165) is 12.0 Å². The van der Waals surface area contributed by atoms with Gasteiger partial charge in [-0.2, -0.15) is 0 Å². The Bertz CT molecular complexity index is 716. The molecule has 0 saturated carbocycles. The number of thioether (sulfide) groups is 1. The molecular weight excluding hydrogens is 320 g/mol. The third-order valence-corrected chi connectivity index (χ3v) is 5.39. The molecule has 3 rings (SSSR count). The summed E-state index contributed by atoms with van der Waals surface area (Å²) in [6, 6.07) is 17.7. The molecule has 124 valence electrons. The van der Waals surface area contributed by atoms with Crippen LogP contribution in [0.3, 0.4) is 0 Å². The Hall–Kier alpha value is -2.27. The molecule has 0 bridgehead atoms. The molecule has 1 aliphatic heterocycles. The lowest BCUT2D eigenvalue weighted by molar-refractivity contribution is -0.128. The zero-order valence-corrected chi connectivity index (χ0v) is 14.4. The van der Waals surface area contributed by atoms with Gasteiger partial charge in [0, 0.05) is 19.2 Å². The van der Waals surface area contributed by atoms with Crippen molar-refractivity contribution in [1.29, 1.82) is 0 Å². The van der Waals surface area contributed by atoms with Crippen LogP contribution in [-0.4, -0.2) is 36.1 Å². The van der Waals surface area contributed by atoms with Crippen LogP contribution in [0, 0.1) is 0 Å². The van der Waals surface area contributed by atoms with Crippen LogP contribution in [0.4, 0.5) is 0 Å². The molecular formula is C19H20N2O2S. The van der Waals surface area contributed by atoms with Gasteiger partial charge in [0.05, 0.1) is 5.75 Å². The second-order valence-corrected chi connectivity index (χ2v) is 6.76. The summed E-state index contributed by atoms with van der Waals surface area (Å²) in [5.41, 5.74) is 2.92. The molecule has 0 spiro atoms. The van der Waals surface area contributed by atoms with Gasteiger partial charge in [-0.15, -0.1) is 11.8 Å². The van der Waals surface area contributed by atoms with Crippen LogP contribution in [-0.2, 0) is 11.2 Å². The smallest absolute Gasteiger partial charge is 0.251 e. The lowest BCUT2D eigenvalue weighted by Gasteiger charge is -2.24. The van der Waals surface area contributed by atoms with Crippen LogP contribution in [0.1, 0.15) is 26.9 Å². The number of carbonyl (C=O) groups is 2. The number of nitrogens with one attached hydrogen (secondary N) is 1. The van der Waals surface area contributed by atoms with E-state index in [1.165, 1.54) is 5.56 Å². The number of rotatable bonds is 5. The van der Waals surface area contributed by atoms with Crippen LogP contribution < -0.4 is 5.32 Å². The Labute approximate surface area is 146 Å². The van der Waals surface area contributed by atoms with Gasteiger partial charge in [-0.05, 0) is 29.7 Å². The lowest BCUT2D eigenvalue weighted by atomic mass is 10.1. The largest absolute Gasteiger partial charge is 0.355 e. The van der Waals surface area contributed by atoms with Crippen molar-refractivity contribution in [2.24, 2.45) is 0 Å². The predicted octanol–water partition coefficient (Wildman–Crippen LogP) is 2.86. The SMILES string of the molecule is CNC(=O)c1ccc([C@H]2SCC(=O)N2CCc2ccccc2)cc1. The number of amides is 2. The van der Waals surface area contributed by atoms with E-state index in [9.17, 15) is 9.59 Å². The molecule has 1 atom stereocenters. The highest BCUT2D eigenvalue weighted by Gasteiger charge is 2.32. The van der Waals surface area contributed by atoms with Gasteiger partial charge < -0.3 is 10.2 Å². The maximum Gasteiger partial charge on any atom is 0.251 e. The summed E-state index contributed by atoms with van der Waals surface area (Å²) < 4.78 is 0. The number of nitrogens with zero attached hydrogens (tertiary/aromatic N) is 1. The van der Waals surface area contributed by atoms with E-state index in [1.54, 1.807) is 18.8 Å². The molecule has 4 nitrogen and oxygen atoms in total. The number of carbonyl (C=O) groups excluding carboxylic acids is 2. The summed E-state index contributed by atoms with van der Waals surface area (Å²) in [4.78, 5) is 25.8. The number of hydrogen-bond acceptors (Lipinski definition) is 3. The first kappa shape index (κ1) is 16.6. The van der Waals surface area contributed by atoms with Gasteiger partial charge in [-0.25, -0.2) is 0 Å². The maximum absolute atomic E-state index is 12.2. The first-order valence-corrected chi connectivity index (χ1v) is 9.01. The Kier molecular flexibility index (Phi) is 5.20. The second-order valence-electron chi connectivity index (χ2n) is 5.69. The van der Waals surface area contributed by atoms with Crippen LogP contribution in [0.25, 0.3) is 0 Å². The van der Waals surface area contributed by atoms with Crippen molar-refractivity contribution in [3.63, 3.8) is 0 Å². The fourth-order valence-electron chi connectivity index (χ4n) is 2.81. The molecule has 1 fully saturated rings. The van der Waals surface area contributed by atoms with Gasteiger partial charge in [0.1, 0.15) is 5.37 Å². The minimum Gasteiger partial charge on any atom is -0.355 e. The molecule has 2 aromatic carbocycles. The number of benzene rings is 2. The van der Waals surface area contributed by atoms with E-state index in [4.69, 9.17) is 0 Å². The van der Waals surface area contributed by atoms with Crippen molar-refractivity contribution >= 4 is 23.6 Å². The Morgan fingerprint density at radius 3 is 2.54 bits per heavy atom. The highest BCUT2D eigenvalue weighted by molar-refractivity contribution is 8.00. The average molecular weight is 340 g/mol. The van der Waals surface area contributed by atoms with E-state index >= 15 is 0 Å². The van der Waals surface area contributed by atoms with E-state index < -0.39 is 0 Å². The molecule has 1 heterocycles. The van der Waals surface area contributed by atoms with Crippen molar-refractivity contribution in [2.75, 3.05) is 19.3 Å². The zero-order chi connectivity index (χ0) is 16.9. The first-order chi connectivity index (χ1) is 11.7. The van der Waals surface area contributed by atoms with E-state index in [2.05, 4.69) is 17.4 Å². The first-order valence-electron chi connectivity index (χ1n) is 7.96. The standard InChI is InChI=1S/C19H20N2O2S/c1-20-18(23)15-7-9-16(10-8-15)19-21(17(22)13-24-19)12-11-14-5-3-2-4-6-14/h2-10,19H,11-13H2,1H3,(H,20,23)/t19-/m1/s1. The minimum absolute atomic E-state index is 0.0277. The van der Waals surface area contributed by atoms with Crippen molar-refractivity contribution in [3.05, 3.63) is 71.3 Å². The maximum atomic E-state index is 12.2. The van der Waals surface area contributed by atoms with E-state index in [-0.39, 0.29) is 17.2 Å². The van der Waals surface area contributed by atoms with Crippen LogP contribution in [0.5, 0.6) is 0 Å². The van der Waals surface area contributed by atoms with Gasteiger partial charge in [-0.1, -0.05) is 42.5 Å². The predicted molar refractivity (Wildman–Crippen MR) is 96.9 cm³/mol. The third kappa shape index (κ3) is 3.62. The minimum atomic E-state index is -0.0994. The van der Waals surface area contributed by atoms with Gasteiger partial charge >= 0.3 is 0 Å². The second kappa shape index (κ2) is 7.53. The normalized spacial score (nSPS) is 17.1. The van der Waals surface area contributed by atoms with Gasteiger partial charge in [0.25, 0.3) is 5.91 Å². The fraction of sp³-hybridized carbons (Fsp3) is 0.263. The van der Waals surface area contributed by atoms with Gasteiger partial charge in [-0.3, -0.25) is 9.59 Å². The summed E-state index contributed by atoms with van der Waals surface area (Å²) in [7, 11) is 1.62. The molecule has 0 radical (unpaired) electrons. The van der Waals surface area contributed by atoms with Crippen LogP contribution in [0.2, 0.25) is 0 Å². The van der Waals surface area contributed by atoms with Crippen molar-refractivity contribution in [3.8, 4) is 0 Å². The van der Waals surface area contributed by atoms with E-state index in [0.29, 0.717) is 17.9 Å². The summed E-state index contributed by atoms with van der Waals surface area (Å²) in [6.45, 7) is 0.706. The van der Waals surface area contributed by atoms with Crippen molar-refractivity contribution < 1.29 is 9.59 Å². The molecule has 1 N–H and O–H groups in total. The Morgan fingerprint density at radius 2 is 1.88 bits per heavy atom. The van der Waals surface area contributed by atoms with Crippen molar-refractivity contribution in [1.82, 2.24) is 10.2 Å². The molecule has 0 unspecified atom stereocenters. The highest BCUT2D eigenvalue weighted by Crippen LogP contribution is 2.38. The molecule has 5 heteroatoms. The summed E-state index contributed by atoms with van der Waals surface area (Å²) in [5, 5.41) is 2.64. The Morgan fingerprint density at radius 1 is 1.17 bits per heavy atom. The lowest BCUT2D eigenvalue weighted by Crippen LogP contribution is -2.30. The Balaban J connectivity index is 1.71. The third-order valence-electron chi connectivity index (χ3n) is 4.14. The van der Waals surface area contributed by atoms with Gasteiger partial charge in [0.15, 0.2) is 0 Å². The van der Waals surface area contributed by atoms with E-state index in [1.807, 2.05) is 47.4 Å². The molecule has 24 heavy (non-hydrogen) atoms. The molecule has 1 aliphatic rings. The molecule has 1 saturated heterocycles. The van der Waals surface area contributed by atoms with Crippen LogP contribution in [0.15, 0.2) is 54.6 Å². The molecule has 0 aliphatic carbocycles. The zero-order valence-electron chi connectivity index (χ0n) is 13.6. The monoisotopic (exact) mass is 340 g/mol. The molecule has 2 amide bonds. The van der Waals surface area contributed by atoms with Gasteiger partial charge in [0.2, 0.25) is 5.91 Å². The summed E-state index contributed by atoms with van der Waals surface area (Å²) in [6.07, 6.45) is 0.847. The quantitative estimate of drug-likeness (QED) is 0.910. The molecule has 2 aromatic rings. The highest BCUT2D eigenvalue weighted by atomic mass is 32.2. The van der Waals surface area contributed by atoms with Crippen molar-refractivity contribution in [2.45, 2.75) is 11.8 Å². The summed E-state index contributed by atoms with van der Waals surface area (Å²) in [5.74, 6) is 0.588. The topological polar surface area (TPSA) is 49.4 Å². The average Bonchev–Trinajstić information content (AvgIpc) is 3.01.